The van der Waals surface area contributed by atoms with E-state index in [1.165, 1.54) is 14.2 Å². The minimum atomic E-state index is -0.133. The molecule has 0 fully saturated rings. The molecule has 0 aliphatic carbocycles. The van der Waals surface area contributed by atoms with Gasteiger partial charge in [-0.05, 0) is 71.2 Å². The highest BCUT2D eigenvalue weighted by atomic mass is 35.5. The second-order valence-electron chi connectivity index (χ2n) is 8.80. The standard InChI is InChI=1S/C27H39N3O5.ClH/c1-18(2)30(19(3)4)27(31)25-23(32-5)16-22(17-24(25)33-6)35-15-9-7-8-14-34-21-12-10-20(11-13-21)26(28)29;/h10-13,16-19H,7-9,14-15H2,1-6H3,(H3,28,29);1H. The van der Waals surface area contributed by atoms with Gasteiger partial charge in [0.2, 0.25) is 0 Å². The minimum absolute atomic E-state index is 0. The number of hydrogen-bond donors (Lipinski definition) is 2. The molecule has 0 aromatic heterocycles. The van der Waals surface area contributed by atoms with Crippen molar-refractivity contribution in [3.8, 4) is 23.0 Å². The van der Waals surface area contributed by atoms with E-state index in [4.69, 9.17) is 30.1 Å². The van der Waals surface area contributed by atoms with Gasteiger partial charge in [0.25, 0.3) is 5.91 Å². The van der Waals surface area contributed by atoms with Crippen molar-refractivity contribution in [1.82, 2.24) is 4.90 Å². The van der Waals surface area contributed by atoms with Crippen LogP contribution >= 0.6 is 12.4 Å². The summed E-state index contributed by atoms with van der Waals surface area (Å²) in [6.45, 7) is 9.08. The van der Waals surface area contributed by atoms with Gasteiger partial charge in [-0.2, -0.15) is 0 Å². The Morgan fingerprint density at radius 2 is 1.33 bits per heavy atom. The second-order valence-corrected chi connectivity index (χ2v) is 8.80. The molecular weight excluding hydrogens is 482 g/mol. The molecule has 0 bridgehead atoms. The Hall–Kier alpha value is -3.13. The van der Waals surface area contributed by atoms with Gasteiger partial charge in [0.05, 0.1) is 27.4 Å². The summed E-state index contributed by atoms with van der Waals surface area (Å²) < 4.78 is 22.7. The average Bonchev–Trinajstić information content (AvgIpc) is 2.82. The lowest BCUT2D eigenvalue weighted by Gasteiger charge is -2.31. The van der Waals surface area contributed by atoms with E-state index >= 15 is 0 Å². The minimum Gasteiger partial charge on any atom is -0.496 e. The van der Waals surface area contributed by atoms with Crippen molar-refractivity contribution in [3.63, 3.8) is 0 Å². The molecule has 2 aromatic rings. The van der Waals surface area contributed by atoms with E-state index in [2.05, 4.69) is 0 Å². The predicted octanol–water partition coefficient (Wildman–Crippen LogP) is 5.30. The first-order valence-corrected chi connectivity index (χ1v) is 12.0. The van der Waals surface area contributed by atoms with Gasteiger partial charge in [-0.25, -0.2) is 0 Å². The summed E-state index contributed by atoms with van der Waals surface area (Å²) in [6.07, 6.45) is 2.68. The van der Waals surface area contributed by atoms with E-state index in [0.29, 0.717) is 41.6 Å². The molecule has 2 aromatic carbocycles. The van der Waals surface area contributed by atoms with E-state index in [9.17, 15) is 4.79 Å². The third-order valence-electron chi connectivity index (χ3n) is 5.53. The molecule has 0 saturated heterocycles. The number of nitrogen functional groups attached to an aromatic ring is 1. The van der Waals surface area contributed by atoms with Gasteiger partial charge in [-0.3, -0.25) is 10.2 Å². The Morgan fingerprint density at radius 1 is 0.861 bits per heavy atom. The molecule has 0 heterocycles. The molecule has 36 heavy (non-hydrogen) atoms. The largest absolute Gasteiger partial charge is 0.496 e. The quantitative estimate of drug-likeness (QED) is 0.198. The Morgan fingerprint density at radius 3 is 1.75 bits per heavy atom. The maximum atomic E-state index is 13.3. The molecule has 0 atom stereocenters. The van der Waals surface area contributed by atoms with Crippen molar-refractivity contribution in [2.45, 2.75) is 59.0 Å². The zero-order valence-corrected chi connectivity index (χ0v) is 22.9. The Labute approximate surface area is 221 Å². The van der Waals surface area contributed by atoms with E-state index in [-0.39, 0.29) is 36.2 Å². The third kappa shape index (κ3) is 8.52. The van der Waals surface area contributed by atoms with Crippen LogP contribution in [0.3, 0.4) is 0 Å². The third-order valence-corrected chi connectivity index (χ3v) is 5.53. The number of nitrogens with one attached hydrogen (secondary N) is 1. The molecule has 0 aliphatic rings. The van der Waals surface area contributed by atoms with Crippen molar-refractivity contribution in [1.29, 1.82) is 5.41 Å². The molecule has 0 aliphatic heterocycles. The van der Waals surface area contributed by atoms with Crippen molar-refractivity contribution in [2.24, 2.45) is 5.73 Å². The lowest BCUT2D eigenvalue weighted by atomic mass is 10.1. The topological polar surface area (TPSA) is 107 Å². The van der Waals surface area contributed by atoms with Crippen LogP contribution in [0.2, 0.25) is 0 Å². The fourth-order valence-electron chi connectivity index (χ4n) is 3.87. The highest BCUT2D eigenvalue weighted by Gasteiger charge is 2.28. The normalized spacial score (nSPS) is 10.6. The Balaban J connectivity index is 0.00000648. The molecule has 2 rings (SSSR count). The maximum absolute atomic E-state index is 13.3. The van der Waals surface area contributed by atoms with Gasteiger partial charge in [0.1, 0.15) is 34.4 Å². The van der Waals surface area contributed by atoms with E-state index in [0.717, 1.165) is 25.0 Å². The first-order chi connectivity index (χ1) is 16.7. The van der Waals surface area contributed by atoms with Crippen molar-refractivity contribution in [2.75, 3.05) is 27.4 Å². The molecule has 1 amide bonds. The van der Waals surface area contributed by atoms with Crippen LogP contribution in [-0.2, 0) is 0 Å². The smallest absolute Gasteiger partial charge is 0.261 e. The van der Waals surface area contributed by atoms with Crippen LogP contribution < -0.4 is 24.7 Å². The molecule has 0 saturated carbocycles. The van der Waals surface area contributed by atoms with Crippen molar-refractivity contribution in [3.05, 3.63) is 47.5 Å². The van der Waals surface area contributed by atoms with Crippen LogP contribution in [0.25, 0.3) is 0 Å². The first kappa shape index (κ1) is 30.9. The van der Waals surface area contributed by atoms with Crippen LogP contribution in [0.5, 0.6) is 23.0 Å². The average molecular weight is 522 g/mol. The van der Waals surface area contributed by atoms with Gasteiger partial charge in [0, 0.05) is 29.8 Å². The van der Waals surface area contributed by atoms with Gasteiger partial charge < -0.3 is 29.6 Å². The van der Waals surface area contributed by atoms with Crippen LogP contribution in [0.15, 0.2) is 36.4 Å². The molecular formula is C27H40ClN3O5. The molecule has 0 unspecified atom stereocenters. The summed E-state index contributed by atoms with van der Waals surface area (Å²) in [5, 5.41) is 7.42. The maximum Gasteiger partial charge on any atom is 0.261 e. The number of nitrogens with two attached hydrogens (primary N) is 1. The fraction of sp³-hybridized carbons (Fsp3) is 0.481. The molecule has 0 radical (unpaired) electrons. The number of halogens is 1. The lowest BCUT2D eigenvalue weighted by molar-refractivity contribution is 0.0636. The van der Waals surface area contributed by atoms with Crippen LogP contribution in [0.1, 0.15) is 62.9 Å². The summed E-state index contributed by atoms with van der Waals surface area (Å²) in [7, 11) is 3.08. The summed E-state index contributed by atoms with van der Waals surface area (Å²) in [5.74, 6) is 2.12. The summed E-state index contributed by atoms with van der Waals surface area (Å²) in [6, 6.07) is 10.7. The molecule has 0 spiro atoms. The first-order valence-electron chi connectivity index (χ1n) is 12.0. The molecule has 3 N–H and O–H groups in total. The monoisotopic (exact) mass is 521 g/mol. The number of amides is 1. The number of amidine groups is 1. The van der Waals surface area contributed by atoms with Gasteiger partial charge in [-0.1, -0.05) is 0 Å². The number of hydrogen-bond acceptors (Lipinski definition) is 6. The number of benzene rings is 2. The van der Waals surface area contributed by atoms with Crippen molar-refractivity contribution >= 4 is 24.1 Å². The van der Waals surface area contributed by atoms with Crippen LogP contribution in [0, 0.1) is 5.41 Å². The number of nitrogens with zero attached hydrogens (tertiary/aromatic N) is 1. The predicted molar refractivity (Wildman–Crippen MR) is 146 cm³/mol. The Bertz CT molecular complexity index is 947. The SMILES string of the molecule is COc1cc(OCCCCCOc2ccc(C(=N)N)cc2)cc(OC)c1C(=O)N(C(C)C)C(C)C.Cl. The van der Waals surface area contributed by atoms with Gasteiger partial charge in [-0.15, -0.1) is 12.4 Å². The highest BCUT2D eigenvalue weighted by Crippen LogP contribution is 2.36. The van der Waals surface area contributed by atoms with Gasteiger partial charge in [0.15, 0.2) is 0 Å². The van der Waals surface area contributed by atoms with E-state index < -0.39 is 0 Å². The number of rotatable bonds is 14. The number of unbranched alkanes of at least 4 members (excludes halogenated alkanes) is 2. The van der Waals surface area contributed by atoms with Crippen molar-refractivity contribution < 1.29 is 23.7 Å². The molecule has 8 nitrogen and oxygen atoms in total. The number of carbonyl (C=O) groups is 1. The van der Waals surface area contributed by atoms with E-state index in [1.54, 1.807) is 29.2 Å². The zero-order chi connectivity index (χ0) is 26.0. The van der Waals surface area contributed by atoms with Gasteiger partial charge >= 0.3 is 0 Å². The summed E-state index contributed by atoms with van der Waals surface area (Å²) >= 11 is 0. The summed E-state index contributed by atoms with van der Waals surface area (Å²) in [4.78, 5) is 15.1. The number of carbonyl (C=O) groups excluding carboxylic acids is 1. The molecule has 9 heteroatoms. The second kappa shape index (κ2) is 15.1. The van der Waals surface area contributed by atoms with Crippen LogP contribution in [-0.4, -0.2) is 56.2 Å². The van der Waals surface area contributed by atoms with E-state index in [1.807, 2.05) is 39.8 Å². The number of ether oxygens (including phenoxy) is 4. The zero-order valence-electron chi connectivity index (χ0n) is 22.1. The number of methoxy groups -OCH3 is 2. The highest BCUT2D eigenvalue weighted by molar-refractivity contribution is 6.00. The summed E-state index contributed by atoms with van der Waals surface area (Å²) in [5.41, 5.74) is 6.54. The molecule has 200 valence electrons. The fourth-order valence-corrected chi connectivity index (χ4v) is 3.87. The lowest BCUT2D eigenvalue weighted by Crippen LogP contribution is -2.42. The Kier molecular flexibility index (Phi) is 12.9. The van der Waals surface area contributed by atoms with Crippen LogP contribution in [0.4, 0.5) is 0 Å².